The van der Waals surface area contributed by atoms with Crippen LogP contribution in [0.5, 0.6) is 11.5 Å². The van der Waals surface area contributed by atoms with E-state index in [4.69, 9.17) is 9.47 Å². The molecule has 23 heavy (non-hydrogen) atoms. The van der Waals surface area contributed by atoms with Gasteiger partial charge in [0.05, 0.1) is 0 Å². The van der Waals surface area contributed by atoms with Gasteiger partial charge in [-0.15, -0.1) is 0 Å². The average molecular weight is 425 g/mol. The van der Waals surface area contributed by atoms with Crippen LogP contribution in [-0.4, -0.2) is 14.2 Å². The molecule has 0 atom stereocenters. The van der Waals surface area contributed by atoms with Crippen LogP contribution in [0.2, 0.25) is 0 Å². The van der Waals surface area contributed by atoms with Crippen molar-refractivity contribution in [3.63, 3.8) is 0 Å². The van der Waals surface area contributed by atoms with Gasteiger partial charge in [0.1, 0.15) is 0 Å². The molecule has 0 spiro atoms. The average Bonchev–Trinajstić information content (AvgIpc) is 2.54. The van der Waals surface area contributed by atoms with Gasteiger partial charge in [-0.05, 0) is 0 Å². The fourth-order valence-electron chi connectivity index (χ4n) is 2.56. The van der Waals surface area contributed by atoms with Gasteiger partial charge in [-0.1, -0.05) is 0 Å². The van der Waals surface area contributed by atoms with Crippen molar-refractivity contribution in [3.8, 4) is 11.5 Å². The molecule has 2 aromatic carbocycles. The Morgan fingerprint density at radius 1 is 0.696 bits per heavy atom. The van der Waals surface area contributed by atoms with Crippen LogP contribution in [0.4, 0.5) is 0 Å². The van der Waals surface area contributed by atoms with E-state index in [0.717, 1.165) is 11.5 Å². The van der Waals surface area contributed by atoms with Crippen LogP contribution in [0.3, 0.4) is 0 Å². The summed E-state index contributed by atoms with van der Waals surface area (Å²) in [5.74, 6) is 2.92. The second-order valence-electron chi connectivity index (χ2n) is 6.18. The third-order valence-corrected chi connectivity index (χ3v) is 6.43. The van der Waals surface area contributed by atoms with Gasteiger partial charge in [0.25, 0.3) is 0 Å². The Morgan fingerprint density at radius 3 is 1.39 bits per heavy atom. The van der Waals surface area contributed by atoms with E-state index in [0.29, 0.717) is 11.8 Å². The van der Waals surface area contributed by atoms with Crippen LogP contribution in [0, 0.1) is 7.14 Å². The molecule has 0 amide bonds. The number of ether oxygens (including phenoxy) is 2. The molecule has 0 N–H and O–H groups in total. The Kier molecular flexibility index (Phi) is 6.33. The molecule has 2 nitrogen and oxygen atoms in total. The number of methoxy groups -OCH3 is 2. The normalized spacial score (nSPS) is 11.3. The molecule has 0 aliphatic heterocycles. The van der Waals surface area contributed by atoms with Gasteiger partial charge in [0, 0.05) is 0 Å². The number of rotatable bonds is 6. The molecule has 0 saturated carbocycles. The Labute approximate surface area is 150 Å². The maximum absolute atomic E-state index is 5.49. The molecule has 3 heteroatoms. The summed E-state index contributed by atoms with van der Waals surface area (Å²) in [6, 6.07) is 13.3. The first-order chi connectivity index (χ1) is 11.0. The monoisotopic (exact) mass is 425 g/mol. The fraction of sp³-hybridized carbons (Fsp3) is 0.400. The molecule has 0 bridgehead atoms. The first-order valence-corrected chi connectivity index (χ1v) is 10.1. The van der Waals surface area contributed by atoms with Crippen LogP contribution < -0.4 is 30.7 Å². The molecule has 0 saturated heterocycles. The molecular formula is C20H26IO2-. The van der Waals surface area contributed by atoms with Crippen LogP contribution in [0.1, 0.15) is 50.7 Å². The Bertz CT molecular complexity index is 605. The van der Waals surface area contributed by atoms with Gasteiger partial charge >= 0.3 is 151 Å². The summed E-state index contributed by atoms with van der Waals surface area (Å²) in [5, 5.41) is 0. The van der Waals surface area contributed by atoms with Gasteiger partial charge in [0.2, 0.25) is 0 Å². The molecule has 0 radical (unpaired) electrons. The van der Waals surface area contributed by atoms with Crippen LogP contribution in [0.15, 0.2) is 36.4 Å². The molecule has 0 heterocycles. The first-order valence-electron chi connectivity index (χ1n) is 7.97. The third-order valence-electron chi connectivity index (χ3n) is 3.85. The summed E-state index contributed by atoms with van der Waals surface area (Å²) in [4.78, 5) is 0. The number of halogens is 1. The topological polar surface area (TPSA) is 18.5 Å². The molecule has 0 aliphatic rings. The quantitative estimate of drug-likeness (QED) is 0.660. The molecule has 0 aromatic heterocycles. The summed E-state index contributed by atoms with van der Waals surface area (Å²) in [7, 11) is 3.49. The van der Waals surface area contributed by atoms with E-state index in [1.165, 1.54) is 18.3 Å². The predicted octanol–water partition coefficient (Wildman–Crippen LogP) is 2.08. The summed E-state index contributed by atoms with van der Waals surface area (Å²) in [6.07, 6.45) is 0. The second kappa shape index (κ2) is 8.04. The van der Waals surface area contributed by atoms with Crippen molar-refractivity contribution in [2.24, 2.45) is 0 Å². The van der Waals surface area contributed by atoms with Crippen molar-refractivity contribution >= 4 is 0 Å². The minimum absolute atomic E-state index is 0.203. The first kappa shape index (κ1) is 18.1. The molecule has 2 rings (SSSR count). The van der Waals surface area contributed by atoms with E-state index in [-0.39, 0.29) is 21.2 Å². The van der Waals surface area contributed by atoms with Crippen molar-refractivity contribution in [1.29, 1.82) is 0 Å². The zero-order valence-corrected chi connectivity index (χ0v) is 17.0. The third kappa shape index (κ3) is 4.40. The predicted molar refractivity (Wildman–Crippen MR) is 91.6 cm³/mol. The SMILES string of the molecule is COc1ccc([I-]c2ccc(OC)c(C(C)C)c2)cc1C(C)C. The minimum atomic E-state index is -0.203. The van der Waals surface area contributed by atoms with Crippen molar-refractivity contribution in [1.82, 2.24) is 0 Å². The van der Waals surface area contributed by atoms with Crippen LogP contribution in [-0.2, 0) is 0 Å². The zero-order chi connectivity index (χ0) is 17.0. The number of benzene rings is 2. The van der Waals surface area contributed by atoms with Gasteiger partial charge in [0.15, 0.2) is 0 Å². The van der Waals surface area contributed by atoms with Gasteiger partial charge in [-0.3, -0.25) is 0 Å². The second-order valence-corrected chi connectivity index (χ2v) is 9.21. The summed E-state index contributed by atoms with van der Waals surface area (Å²) in [5.41, 5.74) is 2.59. The maximum atomic E-state index is 5.49. The van der Waals surface area contributed by atoms with Gasteiger partial charge in [-0.25, -0.2) is 0 Å². The van der Waals surface area contributed by atoms with E-state index in [9.17, 15) is 0 Å². The Balaban J connectivity index is 2.32. The molecule has 126 valence electrons. The van der Waals surface area contributed by atoms with E-state index < -0.39 is 0 Å². The Hall–Kier alpha value is -1.23. The fourth-order valence-corrected chi connectivity index (χ4v) is 4.98. The molecular weight excluding hydrogens is 399 g/mol. The number of hydrogen-bond donors (Lipinski definition) is 0. The van der Waals surface area contributed by atoms with Crippen molar-refractivity contribution in [3.05, 3.63) is 54.7 Å². The van der Waals surface area contributed by atoms with Crippen LogP contribution >= 0.6 is 0 Å². The van der Waals surface area contributed by atoms with Crippen molar-refractivity contribution in [2.45, 2.75) is 39.5 Å². The standard InChI is InChI=1S/C20H26IO2/c1-13(2)17-11-15(7-9-19(17)22-5)21-16-8-10-20(23-6)18(12-16)14(3)4/h7-14H,1-6H3/q-1. The van der Waals surface area contributed by atoms with E-state index >= 15 is 0 Å². The molecule has 2 aromatic rings. The van der Waals surface area contributed by atoms with Gasteiger partial charge < -0.3 is 0 Å². The summed E-state index contributed by atoms with van der Waals surface area (Å²) < 4.78 is 13.8. The van der Waals surface area contributed by atoms with Crippen LogP contribution in [0.25, 0.3) is 0 Å². The molecule has 0 aliphatic carbocycles. The Morgan fingerprint density at radius 2 is 1.09 bits per heavy atom. The zero-order valence-electron chi connectivity index (χ0n) is 14.8. The molecule has 0 unspecified atom stereocenters. The molecule has 0 fully saturated rings. The number of hydrogen-bond acceptors (Lipinski definition) is 2. The van der Waals surface area contributed by atoms with E-state index in [1.54, 1.807) is 14.2 Å². The van der Waals surface area contributed by atoms with Crippen molar-refractivity contribution < 1.29 is 30.7 Å². The van der Waals surface area contributed by atoms with E-state index in [2.05, 4.69) is 64.1 Å². The van der Waals surface area contributed by atoms with Gasteiger partial charge in [-0.2, -0.15) is 0 Å². The van der Waals surface area contributed by atoms with Crippen molar-refractivity contribution in [2.75, 3.05) is 14.2 Å². The summed E-state index contributed by atoms with van der Waals surface area (Å²) >= 11 is -0.203. The summed E-state index contributed by atoms with van der Waals surface area (Å²) in [6.45, 7) is 8.85. The van der Waals surface area contributed by atoms with E-state index in [1.807, 2.05) is 0 Å².